The number of aliphatic carboxylic acids is 1. The average molecular weight is 344 g/mol. The molecule has 1 aromatic carbocycles. The van der Waals surface area contributed by atoms with Crippen LogP contribution in [0.2, 0.25) is 0 Å². The number of carbonyl (C=O) groups excluding carboxylic acids is 2. The Labute approximate surface area is 147 Å². The molecule has 3 unspecified atom stereocenters. The molecule has 6 heteroatoms. The van der Waals surface area contributed by atoms with Crippen LogP contribution in [0.3, 0.4) is 0 Å². The van der Waals surface area contributed by atoms with Gasteiger partial charge in [0.25, 0.3) is 0 Å². The molecule has 0 radical (unpaired) electrons. The van der Waals surface area contributed by atoms with Crippen molar-refractivity contribution in [2.24, 2.45) is 11.3 Å². The third kappa shape index (κ3) is 3.13. The molecular weight excluding hydrogens is 320 g/mol. The molecule has 3 atom stereocenters. The lowest BCUT2D eigenvalue weighted by Gasteiger charge is -2.40. The van der Waals surface area contributed by atoms with Crippen LogP contribution >= 0.6 is 0 Å². The summed E-state index contributed by atoms with van der Waals surface area (Å²) in [5.74, 6) is -1.20. The Morgan fingerprint density at radius 1 is 1.24 bits per heavy atom. The standard InChI is InChI=1S/C19H24N2O4/c1-19(18(24)25)10-11-21(12-19)17(23)14-8-9-15(22)20(2)16(14)13-6-4-3-5-7-13/h3-7,14,16H,8-12H2,1-2H3,(H,24,25). The zero-order chi connectivity index (χ0) is 18.2. The number of likely N-dealkylation sites (tertiary alicyclic amines) is 2. The van der Waals surface area contributed by atoms with Crippen LogP contribution < -0.4 is 0 Å². The first-order chi connectivity index (χ1) is 11.8. The van der Waals surface area contributed by atoms with Crippen molar-refractivity contribution in [2.75, 3.05) is 20.1 Å². The molecule has 0 spiro atoms. The van der Waals surface area contributed by atoms with Gasteiger partial charge in [-0.2, -0.15) is 0 Å². The number of nitrogens with zero attached hydrogens (tertiary/aromatic N) is 2. The van der Waals surface area contributed by atoms with Crippen LogP contribution in [0, 0.1) is 11.3 Å². The van der Waals surface area contributed by atoms with Gasteiger partial charge in [-0.15, -0.1) is 0 Å². The fourth-order valence-corrected chi connectivity index (χ4v) is 3.96. The van der Waals surface area contributed by atoms with E-state index in [9.17, 15) is 19.5 Å². The number of amides is 2. The zero-order valence-corrected chi connectivity index (χ0v) is 14.6. The molecule has 2 amide bonds. The molecule has 2 heterocycles. The van der Waals surface area contributed by atoms with Crippen molar-refractivity contribution < 1.29 is 19.5 Å². The van der Waals surface area contributed by atoms with E-state index in [4.69, 9.17) is 0 Å². The van der Waals surface area contributed by atoms with Crippen molar-refractivity contribution in [3.05, 3.63) is 35.9 Å². The molecule has 2 aliphatic heterocycles. The minimum absolute atomic E-state index is 0.0368. The van der Waals surface area contributed by atoms with E-state index >= 15 is 0 Å². The molecule has 0 bridgehead atoms. The Morgan fingerprint density at radius 3 is 2.52 bits per heavy atom. The summed E-state index contributed by atoms with van der Waals surface area (Å²) in [5.41, 5.74) is 0.0606. The molecule has 2 fully saturated rings. The second kappa shape index (κ2) is 6.50. The molecule has 25 heavy (non-hydrogen) atoms. The maximum Gasteiger partial charge on any atom is 0.311 e. The van der Waals surface area contributed by atoms with E-state index in [0.29, 0.717) is 25.8 Å². The summed E-state index contributed by atoms with van der Waals surface area (Å²) in [7, 11) is 1.74. The minimum atomic E-state index is -0.881. The number of rotatable bonds is 3. The molecule has 134 valence electrons. The van der Waals surface area contributed by atoms with E-state index < -0.39 is 11.4 Å². The van der Waals surface area contributed by atoms with Crippen LogP contribution in [0.1, 0.15) is 37.8 Å². The molecular formula is C19H24N2O4. The van der Waals surface area contributed by atoms with E-state index in [2.05, 4.69) is 0 Å². The normalized spacial score (nSPS) is 29.8. The van der Waals surface area contributed by atoms with Crippen LogP contribution in [0.5, 0.6) is 0 Å². The number of carboxylic acids is 1. The molecule has 1 aromatic rings. The van der Waals surface area contributed by atoms with Crippen molar-refractivity contribution in [2.45, 2.75) is 32.2 Å². The van der Waals surface area contributed by atoms with Gasteiger partial charge in [-0.3, -0.25) is 14.4 Å². The molecule has 1 N–H and O–H groups in total. The Hall–Kier alpha value is -2.37. The van der Waals surface area contributed by atoms with Crippen molar-refractivity contribution in [1.82, 2.24) is 9.80 Å². The lowest BCUT2D eigenvalue weighted by molar-refractivity contribution is -0.148. The number of piperidine rings is 1. The largest absolute Gasteiger partial charge is 0.481 e. The minimum Gasteiger partial charge on any atom is -0.481 e. The van der Waals surface area contributed by atoms with Gasteiger partial charge in [-0.25, -0.2) is 0 Å². The second-order valence-electron chi connectivity index (χ2n) is 7.38. The predicted molar refractivity (Wildman–Crippen MR) is 91.6 cm³/mol. The summed E-state index contributed by atoms with van der Waals surface area (Å²) in [6.45, 7) is 2.38. The molecule has 2 aliphatic rings. The summed E-state index contributed by atoms with van der Waals surface area (Å²) in [6.07, 6.45) is 1.31. The van der Waals surface area contributed by atoms with Gasteiger partial charge in [-0.1, -0.05) is 30.3 Å². The van der Waals surface area contributed by atoms with Gasteiger partial charge in [0.15, 0.2) is 0 Å². The van der Waals surface area contributed by atoms with Crippen molar-refractivity contribution in [3.63, 3.8) is 0 Å². The first-order valence-electron chi connectivity index (χ1n) is 8.66. The van der Waals surface area contributed by atoms with Crippen LogP contribution in [0.15, 0.2) is 30.3 Å². The van der Waals surface area contributed by atoms with Gasteiger partial charge < -0.3 is 14.9 Å². The molecule has 6 nitrogen and oxygen atoms in total. The summed E-state index contributed by atoms with van der Waals surface area (Å²) >= 11 is 0. The van der Waals surface area contributed by atoms with Gasteiger partial charge in [-0.05, 0) is 25.3 Å². The Balaban J connectivity index is 1.85. The molecule has 0 aliphatic carbocycles. The molecule has 0 aromatic heterocycles. The first kappa shape index (κ1) is 17.5. The van der Waals surface area contributed by atoms with Crippen molar-refractivity contribution in [3.8, 4) is 0 Å². The van der Waals surface area contributed by atoms with Gasteiger partial charge in [0, 0.05) is 26.6 Å². The Kier molecular flexibility index (Phi) is 4.54. The van der Waals surface area contributed by atoms with E-state index in [1.54, 1.807) is 23.8 Å². The third-order valence-corrected chi connectivity index (χ3v) is 5.62. The maximum absolute atomic E-state index is 13.1. The lowest BCUT2D eigenvalue weighted by atomic mass is 9.83. The first-order valence-corrected chi connectivity index (χ1v) is 8.66. The average Bonchev–Trinajstić information content (AvgIpc) is 3.01. The molecule has 2 saturated heterocycles. The maximum atomic E-state index is 13.1. The smallest absolute Gasteiger partial charge is 0.311 e. The van der Waals surface area contributed by atoms with Crippen LogP contribution in [-0.2, 0) is 14.4 Å². The number of hydrogen-bond acceptors (Lipinski definition) is 3. The van der Waals surface area contributed by atoms with Gasteiger partial charge >= 0.3 is 5.97 Å². The van der Waals surface area contributed by atoms with Crippen LogP contribution in [0.4, 0.5) is 0 Å². The fourth-order valence-electron chi connectivity index (χ4n) is 3.96. The lowest BCUT2D eigenvalue weighted by Crippen LogP contribution is -2.47. The van der Waals surface area contributed by atoms with Gasteiger partial charge in [0.1, 0.15) is 0 Å². The highest BCUT2D eigenvalue weighted by Gasteiger charge is 2.46. The number of hydrogen-bond donors (Lipinski definition) is 1. The predicted octanol–water partition coefficient (Wildman–Crippen LogP) is 1.92. The second-order valence-corrected chi connectivity index (χ2v) is 7.38. The Bertz CT molecular complexity index is 690. The van der Waals surface area contributed by atoms with Crippen LogP contribution in [-0.4, -0.2) is 52.8 Å². The highest BCUT2D eigenvalue weighted by Crippen LogP contribution is 2.39. The summed E-state index contributed by atoms with van der Waals surface area (Å²) < 4.78 is 0. The van der Waals surface area contributed by atoms with E-state index in [1.807, 2.05) is 30.3 Å². The van der Waals surface area contributed by atoms with Gasteiger partial charge in [0.05, 0.1) is 17.4 Å². The highest BCUT2D eigenvalue weighted by atomic mass is 16.4. The number of carboxylic acid groups (broad SMARTS) is 1. The number of carbonyl (C=O) groups is 3. The number of benzene rings is 1. The summed E-state index contributed by atoms with van der Waals surface area (Å²) in [5, 5.41) is 9.40. The quantitative estimate of drug-likeness (QED) is 0.909. The topological polar surface area (TPSA) is 77.9 Å². The molecule has 3 rings (SSSR count). The summed E-state index contributed by atoms with van der Waals surface area (Å²) in [4.78, 5) is 40.1. The fraction of sp³-hybridized carbons (Fsp3) is 0.526. The third-order valence-electron chi connectivity index (χ3n) is 5.62. The van der Waals surface area contributed by atoms with Gasteiger partial charge in [0.2, 0.25) is 11.8 Å². The summed E-state index contributed by atoms with van der Waals surface area (Å²) in [6, 6.07) is 9.29. The van der Waals surface area contributed by atoms with E-state index in [-0.39, 0.29) is 30.3 Å². The van der Waals surface area contributed by atoms with Crippen LogP contribution in [0.25, 0.3) is 0 Å². The van der Waals surface area contributed by atoms with Crippen molar-refractivity contribution >= 4 is 17.8 Å². The van der Waals surface area contributed by atoms with Crippen molar-refractivity contribution in [1.29, 1.82) is 0 Å². The van der Waals surface area contributed by atoms with E-state index in [1.165, 1.54) is 0 Å². The Morgan fingerprint density at radius 2 is 1.92 bits per heavy atom. The highest BCUT2D eigenvalue weighted by molar-refractivity contribution is 5.86. The molecule has 0 saturated carbocycles. The monoisotopic (exact) mass is 344 g/mol. The SMILES string of the molecule is CN1C(=O)CCC(C(=O)N2CCC(C)(C(=O)O)C2)C1c1ccccc1. The zero-order valence-electron chi connectivity index (χ0n) is 14.6. The van der Waals surface area contributed by atoms with E-state index in [0.717, 1.165) is 5.56 Å².